The molecule has 3 aromatic rings. The number of carboxylic acids is 2. The van der Waals surface area contributed by atoms with Gasteiger partial charge in [-0.15, -0.1) is 11.3 Å². The van der Waals surface area contributed by atoms with Crippen LogP contribution in [0.5, 0.6) is 5.75 Å². The molecule has 1 saturated heterocycles. The van der Waals surface area contributed by atoms with Crippen molar-refractivity contribution in [1.29, 1.82) is 0 Å². The number of aryl methyl sites for hydroxylation is 1. The number of urea groups is 1. The van der Waals surface area contributed by atoms with Gasteiger partial charge in [0.25, 0.3) is 0 Å². The van der Waals surface area contributed by atoms with E-state index >= 15 is 0 Å². The van der Waals surface area contributed by atoms with Gasteiger partial charge in [0.1, 0.15) is 18.0 Å². The lowest BCUT2D eigenvalue weighted by atomic mass is 10.2. The predicted octanol–water partition coefficient (Wildman–Crippen LogP) is 5.80. The molecule has 1 aromatic carbocycles. The first-order valence-corrected chi connectivity index (χ1v) is 14.4. The highest BCUT2D eigenvalue weighted by molar-refractivity contribution is 7.18. The standard InChI is InChI=1S/C24H29N5O4S.2C2HF3O2/c1-16-26-20-12-17(7-8-21(20)34-16)27-22(30)29-11-10-28(23(31)33-24(2,3)4)14-18(29)15-32-19-6-5-9-25-13-19;2*3-2(4,5)1(6)7/h5-9,12-13,18H,10-11,14-15H2,1-4H3,(H,27,30);2*(H,6,7). The van der Waals surface area contributed by atoms with E-state index in [-0.39, 0.29) is 18.7 Å². The van der Waals surface area contributed by atoms with Gasteiger partial charge in [-0.2, -0.15) is 26.3 Å². The molecular formula is C28H31F6N5O8S. The first-order valence-electron chi connectivity index (χ1n) is 13.6. The number of nitrogens with zero attached hydrogens (tertiary/aromatic N) is 4. The van der Waals surface area contributed by atoms with Crippen LogP contribution in [-0.2, 0) is 14.3 Å². The third-order valence-electron chi connectivity index (χ3n) is 5.70. The van der Waals surface area contributed by atoms with Crippen LogP contribution in [0.3, 0.4) is 0 Å². The molecule has 20 heteroatoms. The fraction of sp³-hybridized carbons (Fsp3) is 0.429. The van der Waals surface area contributed by atoms with E-state index in [0.717, 1.165) is 15.2 Å². The number of carboxylic acid groups (broad SMARTS) is 2. The van der Waals surface area contributed by atoms with Gasteiger partial charge < -0.3 is 34.8 Å². The second-order valence-electron chi connectivity index (χ2n) is 10.7. The van der Waals surface area contributed by atoms with Crippen LogP contribution in [0.25, 0.3) is 10.2 Å². The van der Waals surface area contributed by atoms with Crippen molar-refractivity contribution < 1.29 is 65.2 Å². The minimum atomic E-state index is -5.08. The average Bonchev–Trinajstić information content (AvgIpc) is 3.34. The number of alkyl halides is 6. The van der Waals surface area contributed by atoms with E-state index < -0.39 is 36.0 Å². The number of rotatable bonds is 4. The van der Waals surface area contributed by atoms with Crippen LogP contribution < -0.4 is 10.1 Å². The number of carbonyl (C=O) groups excluding carboxylic acids is 2. The molecule has 1 aliphatic rings. The van der Waals surface area contributed by atoms with E-state index in [9.17, 15) is 35.9 Å². The largest absolute Gasteiger partial charge is 0.490 e. The fourth-order valence-electron chi connectivity index (χ4n) is 3.70. The number of aliphatic carboxylic acids is 2. The van der Waals surface area contributed by atoms with Crippen LogP contribution in [0, 0.1) is 6.92 Å². The molecule has 0 bridgehead atoms. The van der Waals surface area contributed by atoms with Gasteiger partial charge in [0, 0.05) is 31.5 Å². The number of piperazine rings is 1. The van der Waals surface area contributed by atoms with Gasteiger partial charge in [-0.25, -0.2) is 24.2 Å². The summed E-state index contributed by atoms with van der Waals surface area (Å²) in [7, 11) is 0. The summed E-state index contributed by atoms with van der Waals surface area (Å²) in [6.07, 6.45) is -7.29. The van der Waals surface area contributed by atoms with Crippen molar-refractivity contribution >= 4 is 51.3 Å². The molecule has 0 aliphatic carbocycles. The number of fused-ring (bicyclic) bond motifs is 1. The summed E-state index contributed by atoms with van der Waals surface area (Å²) >= 11 is 1.61. The summed E-state index contributed by atoms with van der Waals surface area (Å²) < 4.78 is 76.0. The van der Waals surface area contributed by atoms with Crippen LogP contribution in [0.1, 0.15) is 25.8 Å². The maximum absolute atomic E-state index is 13.2. The number of ether oxygens (including phenoxy) is 2. The normalized spacial score (nSPS) is 14.9. The lowest BCUT2D eigenvalue weighted by Crippen LogP contribution is -2.59. The molecule has 4 rings (SSSR count). The van der Waals surface area contributed by atoms with Gasteiger partial charge in [-0.1, -0.05) is 0 Å². The van der Waals surface area contributed by atoms with E-state index in [1.54, 1.807) is 45.7 Å². The molecule has 264 valence electrons. The molecule has 2 aromatic heterocycles. The van der Waals surface area contributed by atoms with E-state index in [1.807, 2.05) is 45.9 Å². The SMILES string of the molecule is Cc1nc2cc(NC(=O)N3CCN(C(=O)OC(C)(C)C)CC3COc3cccnc3)ccc2s1.O=C(O)C(F)(F)F.O=C(O)C(F)(F)F. The van der Waals surface area contributed by atoms with Crippen molar-refractivity contribution in [2.45, 2.75) is 51.7 Å². The quantitative estimate of drug-likeness (QED) is 0.281. The summed E-state index contributed by atoms with van der Waals surface area (Å²) in [5, 5.41) is 18.2. The number of hydrogen-bond donors (Lipinski definition) is 3. The van der Waals surface area contributed by atoms with Gasteiger partial charge >= 0.3 is 36.4 Å². The zero-order valence-corrected chi connectivity index (χ0v) is 26.6. The zero-order chi connectivity index (χ0) is 36.4. The number of anilines is 1. The summed E-state index contributed by atoms with van der Waals surface area (Å²) in [5.74, 6) is -4.92. The smallest absolute Gasteiger partial charge is 0.490 e. The summed E-state index contributed by atoms with van der Waals surface area (Å²) in [5.41, 5.74) is 0.927. The first-order chi connectivity index (χ1) is 22.1. The third-order valence-corrected chi connectivity index (χ3v) is 6.65. The highest BCUT2D eigenvalue weighted by atomic mass is 32.1. The van der Waals surface area contributed by atoms with Gasteiger partial charge in [0.05, 0.1) is 27.5 Å². The second kappa shape index (κ2) is 16.3. The molecule has 1 atom stereocenters. The highest BCUT2D eigenvalue weighted by Gasteiger charge is 2.39. The predicted molar refractivity (Wildman–Crippen MR) is 159 cm³/mol. The Morgan fingerprint density at radius 2 is 1.60 bits per heavy atom. The Balaban J connectivity index is 0.000000479. The van der Waals surface area contributed by atoms with E-state index in [1.165, 1.54) is 0 Å². The van der Waals surface area contributed by atoms with Crippen LogP contribution in [0.2, 0.25) is 0 Å². The molecule has 1 fully saturated rings. The lowest BCUT2D eigenvalue weighted by molar-refractivity contribution is -0.193. The Hall–Kier alpha value is -4.88. The Kier molecular flexibility index (Phi) is 13.3. The first kappa shape index (κ1) is 39.3. The number of halogens is 6. The fourth-order valence-corrected chi connectivity index (χ4v) is 4.51. The van der Waals surface area contributed by atoms with Gasteiger partial charge in [-0.05, 0) is 58.0 Å². The Morgan fingerprint density at radius 1 is 1.00 bits per heavy atom. The van der Waals surface area contributed by atoms with Crippen molar-refractivity contribution in [3.8, 4) is 5.75 Å². The molecule has 0 radical (unpaired) electrons. The van der Waals surface area contributed by atoms with Crippen LogP contribution in [-0.4, -0.2) is 104 Å². The maximum Gasteiger partial charge on any atom is 0.490 e. The van der Waals surface area contributed by atoms with Crippen molar-refractivity contribution in [2.24, 2.45) is 0 Å². The van der Waals surface area contributed by atoms with Crippen molar-refractivity contribution in [2.75, 3.05) is 31.6 Å². The van der Waals surface area contributed by atoms with Crippen LogP contribution in [0.4, 0.5) is 41.6 Å². The minimum absolute atomic E-state index is 0.211. The van der Waals surface area contributed by atoms with Gasteiger partial charge in [-0.3, -0.25) is 4.98 Å². The minimum Gasteiger partial charge on any atom is -0.490 e. The third kappa shape index (κ3) is 13.1. The second-order valence-corrected chi connectivity index (χ2v) is 12.0. The molecular weight excluding hydrogens is 680 g/mol. The summed E-state index contributed by atoms with van der Waals surface area (Å²) in [4.78, 5) is 55.6. The Labute approximate surface area is 273 Å². The van der Waals surface area contributed by atoms with Crippen LogP contribution >= 0.6 is 11.3 Å². The maximum atomic E-state index is 13.2. The number of carbonyl (C=O) groups is 4. The van der Waals surface area contributed by atoms with E-state index in [0.29, 0.717) is 31.1 Å². The van der Waals surface area contributed by atoms with Crippen molar-refractivity contribution in [3.05, 3.63) is 47.7 Å². The average molecular weight is 712 g/mol. The topological polar surface area (TPSA) is 171 Å². The monoisotopic (exact) mass is 711 g/mol. The zero-order valence-electron chi connectivity index (χ0n) is 25.8. The molecule has 1 aliphatic heterocycles. The number of thiazole rings is 1. The molecule has 0 saturated carbocycles. The number of aromatic nitrogens is 2. The number of amides is 3. The molecule has 3 amide bonds. The van der Waals surface area contributed by atoms with E-state index in [4.69, 9.17) is 29.3 Å². The van der Waals surface area contributed by atoms with Gasteiger partial charge in [0.2, 0.25) is 0 Å². The summed E-state index contributed by atoms with van der Waals surface area (Å²) in [6, 6.07) is 8.66. The van der Waals surface area contributed by atoms with E-state index in [2.05, 4.69) is 15.3 Å². The molecule has 0 spiro atoms. The van der Waals surface area contributed by atoms with Crippen LogP contribution in [0.15, 0.2) is 42.7 Å². The molecule has 13 nitrogen and oxygen atoms in total. The molecule has 1 unspecified atom stereocenters. The highest BCUT2D eigenvalue weighted by Crippen LogP contribution is 2.25. The Bertz CT molecular complexity index is 1540. The molecule has 3 heterocycles. The van der Waals surface area contributed by atoms with Crippen molar-refractivity contribution in [1.82, 2.24) is 19.8 Å². The van der Waals surface area contributed by atoms with Crippen molar-refractivity contribution in [3.63, 3.8) is 0 Å². The number of benzene rings is 1. The molecule has 3 N–H and O–H groups in total. The summed E-state index contributed by atoms with van der Waals surface area (Å²) in [6.45, 7) is 8.69. The lowest BCUT2D eigenvalue weighted by Gasteiger charge is -2.41. The number of pyridine rings is 1. The Morgan fingerprint density at radius 3 is 2.12 bits per heavy atom. The van der Waals surface area contributed by atoms with Gasteiger partial charge in [0.15, 0.2) is 0 Å². The molecule has 48 heavy (non-hydrogen) atoms. The number of hydrogen-bond acceptors (Lipinski definition) is 9. The number of nitrogens with one attached hydrogen (secondary N) is 1.